The molecule has 2 N–H and O–H groups in total. The van der Waals surface area contributed by atoms with Gasteiger partial charge in [0, 0.05) is 24.1 Å². The molecule has 0 aromatic carbocycles. The van der Waals surface area contributed by atoms with E-state index in [1.54, 1.807) is 0 Å². The van der Waals surface area contributed by atoms with Crippen LogP contribution in [0.2, 0.25) is 0 Å². The first-order chi connectivity index (χ1) is 10.3. The van der Waals surface area contributed by atoms with E-state index in [-0.39, 0.29) is 41.1 Å². The van der Waals surface area contributed by atoms with E-state index in [1.165, 1.54) is 24.9 Å². The standard InChI is InChI=1S/C14H29N3O3S2.HI/c1-4-15-13(17-12-14(2)6-5-10-21-14)16-7-8-20-9-11-22(3,18)19;/h4-12H2,1-3H3,(H2,15,16,17);1H. The van der Waals surface area contributed by atoms with Gasteiger partial charge in [0.2, 0.25) is 0 Å². The molecule has 1 unspecified atom stereocenters. The van der Waals surface area contributed by atoms with Crippen LogP contribution in [0.25, 0.3) is 0 Å². The van der Waals surface area contributed by atoms with E-state index in [9.17, 15) is 8.42 Å². The lowest BCUT2D eigenvalue weighted by molar-refractivity contribution is 0.154. The van der Waals surface area contributed by atoms with Crippen LogP contribution in [-0.4, -0.2) is 69.7 Å². The molecule has 1 atom stereocenters. The Labute approximate surface area is 161 Å². The highest BCUT2D eigenvalue weighted by Crippen LogP contribution is 2.37. The zero-order valence-corrected chi connectivity index (χ0v) is 18.2. The second-order valence-corrected chi connectivity index (χ2v) is 9.71. The summed E-state index contributed by atoms with van der Waals surface area (Å²) in [6, 6.07) is 0. The van der Waals surface area contributed by atoms with E-state index in [1.807, 2.05) is 18.7 Å². The van der Waals surface area contributed by atoms with Crippen molar-refractivity contribution in [1.82, 2.24) is 10.6 Å². The van der Waals surface area contributed by atoms with Gasteiger partial charge in [-0.15, -0.1) is 24.0 Å². The maximum Gasteiger partial charge on any atom is 0.191 e. The van der Waals surface area contributed by atoms with Crippen LogP contribution in [0.15, 0.2) is 4.99 Å². The molecule has 0 spiro atoms. The van der Waals surface area contributed by atoms with Crippen LogP contribution in [0, 0.1) is 0 Å². The van der Waals surface area contributed by atoms with Crippen LogP contribution in [0.5, 0.6) is 0 Å². The van der Waals surface area contributed by atoms with E-state index in [0.29, 0.717) is 13.2 Å². The Morgan fingerprint density at radius 3 is 2.65 bits per heavy atom. The second-order valence-electron chi connectivity index (χ2n) is 5.77. The summed E-state index contributed by atoms with van der Waals surface area (Å²) in [4.78, 5) is 4.65. The summed E-state index contributed by atoms with van der Waals surface area (Å²) >= 11 is 2.00. The number of aliphatic imine (C=N–C) groups is 1. The van der Waals surface area contributed by atoms with Crippen molar-refractivity contribution in [1.29, 1.82) is 0 Å². The van der Waals surface area contributed by atoms with Crippen molar-refractivity contribution >= 4 is 51.5 Å². The zero-order chi connectivity index (χ0) is 16.5. The Kier molecular flexibility index (Phi) is 11.9. The van der Waals surface area contributed by atoms with Crippen LogP contribution in [0.4, 0.5) is 0 Å². The fourth-order valence-electron chi connectivity index (χ4n) is 2.10. The molecular weight excluding hydrogens is 449 g/mol. The number of thioether (sulfide) groups is 1. The van der Waals surface area contributed by atoms with Crippen molar-refractivity contribution in [2.75, 3.05) is 50.6 Å². The Balaban J connectivity index is 0.00000484. The van der Waals surface area contributed by atoms with Crippen molar-refractivity contribution in [3.05, 3.63) is 0 Å². The Bertz CT molecular complexity index is 452. The molecule has 138 valence electrons. The van der Waals surface area contributed by atoms with Crippen molar-refractivity contribution in [3.8, 4) is 0 Å². The van der Waals surface area contributed by atoms with Gasteiger partial charge in [0.05, 0.1) is 25.5 Å². The number of guanidine groups is 1. The zero-order valence-electron chi connectivity index (χ0n) is 14.3. The summed E-state index contributed by atoms with van der Waals surface area (Å²) in [5.41, 5.74) is 0. The van der Waals surface area contributed by atoms with Gasteiger partial charge >= 0.3 is 0 Å². The molecule has 1 fully saturated rings. The number of nitrogens with zero attached hydrogens (tertiary/aromatic N) is 1. The number of halogens is 1. The Morgan fingerprint density at radius 1 is 1.35 bits per heavy atom. The molecule has 1 aliphatic heterocycles. The Hall–Kier alpha value is 0.260. The number of hydrogen-bond donors (Lipinski definition) is 2. The first kappa shape index (κ1) is 23.3. The van der Waals surface area contributed by atoms with Crippen LogP contribution < -0.4 is 10.6 Å². The van der Waals surface area contributed by atoms with Crippen molar-refractivity contribution in [3.63, 3.8) is 0 Å². The molecule has 0 aromatic heterocycles. The minimum Gasteiger partial charge on any atom is -0.379 e. The lowest BCUT2D eigenvalue weighted by Gasteiger charge is -2.21. The summed E-state index contributed by atoms with van der Waals surface area (Å²) < 4.78 is 27.5. The van der Waals surface area contributed by atoms with Gasteiger partial charge in [0.15, 0.2) is 5.96 Å². The molecule has 0 aliphatic carbocycles. The fraction of sp³-hybridized carbons (Fsp3) is 0.929. The van der Waals surface area contributed by atoms with Crippen molar-refractivity contribution in [2.45, 2.75) is 31.4 Å². The van der Waals surface area contributed by atoms with Crippen LogP contribution in [-0.2, 0) is 14.6 Å². The predicted molar refractivity (Wildman–Crippen MR) is 110 cm³/mol. The maximum atomic E-state index is 11.0. The van der Waals surface area contributed by atoms with Crippen molar-refractivity contribution in [2.24, 2.45) is 4.99 Å². The van der Waals surface area contributed by atoms with Gasteiger partial charge in [0.1, 0.15) is 9.84 Å². The molecule has 9 heteroatoms. The molecule has 0 amide bonds. The molecule has 0 saturated carbocycles. The van der Waals surface area contributed by atoms with E-state index < -0.39 is 9.84 Å². The Morgan fingerprint density at radius 2 is 2.09 bits per heavy atom. The number of nitrogens with one attached hydrogen (secondary N) is 2. The fourth-order valence-corrected chi connectivity index (χ4v) is 3.75. The summed E-state index contributed by atoms with van der Waals surface area (Å²) in [5, 5.41) is 6.43. The molecule has 23 heavy (non-hydrogen) atoms. The van der Waals surface area contributed by atoms with Crippen LogP contribution >= 0.6 is 35.7 Å². The average Bonchev–Trinajstić information content (AvgIpc) is 2.86. The first-order valence-corrected chi connectivity index (χ1v) is 10.8. The third kappa shape index (κ3) is 11.4. The van der Waals surface area contributed by atoms with Gasteiger partial charge in [-0.05, 0) is 32.4 Å². The number of hydrogen-bond acceptors (Lipinski definition) is 5. The molecule has 1 heterocycles. The number of rotatable bonds is 9. The third-order valence-electron chi connectivity index (χ3n) is 3.35. The smallest absolute Gasteiger partial charge is 0.191 e. The van der Waals surface area contributed by atoms with E-state index >= 15 is 0 Å². The van der Waals surface area contributed by atoms with Gasteiger partial charge in [-0.25, -0.2) is 8.42 Å². The summed E-state index contributed by atoms with van der Waals surface area (Å²) in [7, 11) is -2.94. The van der Waals surface area contributed by atoms with Crippen molar-refractivity contribution < 1.29 is 13.2 Å². The van der Waals surface area contributed by atoms with E-state index in [2.05, 4.69) is 22.5 Å². The summed E-state index contributed by atoms with van der Waals surface area (Å²) in [6.07, 6.45) is 3.70. The molecule has 6 nitrogen and oxygen atoms in total. The van der Waals surface area contributed by atoms with E-state index in [0.717, 1.165) is 19.0 Å². The van der Waals surface area contributed by atoms with Crippen LogP contribution in [0.3, 0.4) is 0 Å². The highest BCUT2D eigenvalue weighted by molar-refractivity contribution is 14.0. The highest BCUT2D eigenvalue weighted by atomic mass is 127. The van der Waals surface area contributed by atoms with E-state index in [4.69, 9.17) is 4.74 Å². The lowest BCUT2D eigenvalue weighted by Crippen LogP contribution is -2.40. The normalized spacial score (nSPS) is 21.8. The predicted octanol–water partition coefficient (Wildman–Crippen LogP) is 1.51. The average molecular weight is 479 g/mol. The monoisotopic (exact) mass is 479 g/mol. The quantitative estimate of drug-likeness (QED) is 0.226. The van der Waals surface area contributed by atoms with Gasteiger partial charge in [-0.3, -0.25) is 4.99 Å². The molecule has 0 radical (unpaired) electrons. The maximum absolute atomic E-state index is 11.0. The minimum absolute atomic E-state index is 0. The molecule has 1 saturated heterocycles. The number of ether oxygens (including phenoxy) is 1. The summed E-state index contributed by atoms with van der Waals surface area (Å²) in [5.74, 6) is 2.09. The van der Waals surface area contributed by atoms with Gasteiger partial charge in [-0.1, -0.05) is 0 Å². The molecular formula is C14H30IN3O3S2. The topological polar surface area (TPSA) is 79.8 Å². The molecule has 0 aromatic rings. The van der Waals surface area contributed by atoms with Gasteiger partial charge in [0.25, 0.3) is 0 Å². The largest absolute Gasteiger partial charge is 0.379 e. The summed E-state index contributed by atoms with van der Waals surface area (Å²) in [6.45, 7) is 7.23. The molecule has 0 bridgehead atoms. The minimum atomic E-state index is -2.94. The third-order valence-corrected chi connectivity index (χ3v) is 5.78. The first-order valence-electron chi connectivity index (χ1n) is 7.76. The van der Waals surface area contributed by atoms with Crippen LogP contribution in [0.1, 0.15) is 26.7 Å². The van der Waals surface area contributed by atoms with Gasteiger partial charge in [-0.2, -0.15) is 11.8 Å². The lowest BCUT2D eigenvalue weighted by atomic mass is 10.1. The molecule has 1 aliphatic rings. The SMILES string of the molecule is CCNC(=NCC1(C)CCCS1)NCCOCCS(C)(=O)=O.I. The van der Waals surface area contributed by atoms with Gasteiger partial charge < -0.3 is 15.4 Å². The second kappa shape index (κ2) is 11.8. The number of sulfone groups is 1. The highest BCUT2D eigenvalue weighted by Gasteiger charge is 2.29. The molecule has 1 rings (SSSR count).